The fourth-order valence-corrected chi connectivity index (χ4v) is 2.56. The molecule has 0 aliphatic carbocycles. The summed E-state index contributed by atoms with van der Waals surface area (Å²) < 4.78 is 32.5. The van der Waals surface area contributed by atoms with Crippen LogP contribution >= 0.6 is 0 Å². The van der Waals surface area contributed by atoms with Crippen LogP contribution in [-0.4, -0.2) is 33.6 Å². The van der Waals surface area contributed by atoms with Gasteiger partial charge < -0.3 is 10.1 Å². The summed E-state index contributed by atoms with van der Waals surface area (Å²) in [4.78, 5) is 0. The quantitative estimate of drug-likeness (QED) is 0.820. The molecule has 1 saturated heterocycles. The van der Waals surface area contributed by atoms with Crippen LogP contribution in [-0.2, 0) is 14.8 Å². The van der Waals surface area contributed by atoms with Gasteiger partial charge in [-0.2, -0.15) is 4.72 Å². The molecule has 87 valence electrons. The van der Waals surface area contributed by atoms with Gasteiger partial charge in [-0.3, -0.25) is 0 Å². The Morgan fingerprint density at radius 2 is 2.06 bits per heavy atom. The molecule has 0 aromatic heterocycles. The van der Waals surface area contributed by atoms with Gasteiger partial charge in [-0.15, -0.1) is 0 Å². The molecule has 0 saturated carbocycles. The molecule has 1 aromatic carbocycles. The summed E-state index contributed by atoms with van der Waals surface area (Å²) in [6, 6.07) is 8.59. The summed E-state index contributed by atoms with van der Waals surface area (Å²) >= 11 is 0. The van der Waals surface area contributed by atoms with Crippen LogP contribution in [0.3, 0.4) is 0 Å². The second-order valence-electron chi connectivity index (χ2n) is 3.45. The monoisotopic (exact) mass is 241 g/mol. The van der Waals surface area contributed by atoms with E-state index in [0.29, 0.717) is 25.4 Å². The predicted octanol–water partition coefficient (Wildman–Crippen LogP) is 0.198. The number of ether oxygens (including phenoxy) is 1. The molecule has 16 heavy (non-hydrogen) atoms. The Morgan fingerprint density at radius 3 is 2.69 bits per heavy atom. The van der Waals surface area contributed by atoms with Crippen molar-refractivity contribution in [3.63, 3.8) is 0 Å². The SMILES string of the molecule is O=S(=O)([N]c1ccccc1)C1CNCCO1. The van der Waals surface area contributed by atoms with Crippen LogP contribution in [0.1, 0.15) is 0 Å². The molecular weight excluding hydrogens is 228 g/mol. The Labute approximate surface area is 94.9 Å². The largest absolute Gasteiger partial charge is 0.358 e. The molecule has 1 aliphatic rings. The average molecular weight is 241 g/mol. The lowest BCUT2D eigenvalue weighted by atomic mass is 10.3. The summed E-state index contributed by atoms with van der Waals surface area (Å²) in [6.45, 7) is 1.37. The van der Waals surface area contributed by atoms with Gasteiger partial charge in [0.2, 0.25) is 0 Å². The van der Waals surface area contributed by atoms with Crippen LogP contribution in [0.25, 0.3) is 0 Å². The highest BCUT2D eigenvalue weighted by Crippen LogP contribution is 2.13. The number of benzene rings is 1. The average Bonchev–Trinajstić information content (AvgIpc) is 2.31. The van der Waals surface area contributed by atoms with Crippen molar-refractivity contribution in [2.45, 2.75) is 5.44 Å². The van der Waals surface area contributed by atoms with Gasteiger partial charge in [-0.05, 0) is 12.1 Å². The van der Waals surface area contributed by atoms with Crippen LogP contribution in [0.5, 0.6) is 0 Å². The summed E-state index contributed by atoms with van der Waals surface area (Å²) in [5.74, 6) is 0. The topological polar surface area (TPSA) is 69.5 Å². The molecule has 1 N–H and O–H groups in total. The van der Waals surface area contributed by atoms with E-state index in [1.807, 2.05) is 6.07 Å². The second-order valence-corrected chi connectivity index (χ2v) is 5.18. The summed E-state index contributed by atoms with van der Waals surface area (Å²) in [5.41, 5.74) is -0.446. The van der Waals surface area contributed by atoms with Crippen molar-refractivity contribution >= 4 is 15.7 Å². The van der Waals surface area contributed by atoms with E-state index in [-0.39, 0.29) is 0 Å². The van der Waals surface area contributed by atoms with Crippen LogP contribution in [0, 0.1) is 0 Å². The van der Waals surface area contributed by atoms with Crippen LogP contribution < -0.4 is 10.0 Å². The number of sulfonamides is 1. The van der Waals surface area contributed by atoms with Crippen LogP contribution in [0.15, 0.2) is 30.3 Å². The maximum absolute atomic E-state index is 11.8. The van der Waals surface area contributed by atoms with E-state index in [4.69, 9.17) is 4.74 Å². The van der Waals surface area contributed by atoms with Gasteiger partial charge in [0, 0.05) is 13.1 Å². The van der Waals surface area contributed by atoms with Gasteiger partial charge in [0.15, 0.2) is 5.44 Å². The van der Waals surface area contributed by atoms with Gasteiger partial charge in [-0.25, -0.2) is 8.42 Å². The van der Waals surface area contributed by atoms with Gasteiger partial charge in [-0.1, -0.05) is 18.2 Å². The lowest BCUT2D eigenvalue weighted by molar-refractivity contribution is 0.0779. The molecular formula is C10H13N2O3S. The van der Waals surface area contributed by atoms with E-state index < -0.39 is 15.5 Å². The minimum atomic E-state index is -3.60. The predicted molar refractivity (Wildman–Crippen MR) is 59.8 cm³/mol. The van der Waals surface area contributed by atoms with E-state index in [0.717, 1.165) is 0 Å². The number of morpholine rings is 1. The normalized spacial score (nSPS) is 21.6. The van der Waals surface area contributed by atoms with Crippen LogP contribution in [0.2, 0.25) is 0 Å². The molecule has 0 amide bonds. The minimum Gasteiger partial charge on any atom is -0.358 e. The highest BCUT2D eigenvalue weighted by Gasteiger charge is 2.29. The molecule has 0 spiro atoms. The molecule has 6 heteroatoms. The number of nitrogens with one attached hydrogen (secondary N) is 1. The molecule has 2 rings (SSSR count). The third-order valence-electron chi connectivity index (χ3n) is 2.21. The molecule has 1 aliphatic heterocycles. The number of nitrogens with zero attached hydrogens (tertiary/aromatic N) is 1. The van der Waals surface area contributed by atoms with E-state index in [2.05, 4.69) is 10.0 Å². The molecule has 1 aromatic rings. The van der Waals surface area contributed by atoms with Crippen molar-refractivity contribution in [1.29, 1.82) is 0 Å². The Morgan fingerprint density at radius 1 is 1.31 bits per heavy atom. The number of hydrogen-bond acceptors (Lipinski definition) is 4. The van der Waals surface area contributed by atoms with Gasteiger partial charge in [0.1, 0.15) is 0 Å². The number of hydrogen-bond donors (Lipinski definition) is 1. The van der Waals surface area contributed by atoms with E-state index >= 15 is 0 Å². The molecule has 5 nitrogen and oxygen atoms in total. The molecule has 1 radical (unpaired) electrons. The Hall–Kier alpha value is -1.11. The maximum Gasteiger partial charge on any atom is 0.282 e. The molecule has 1 unspecified atom stereocenters. The molecule has 1 heterocycles. The first-order valence-corrected chi connectivity index (χ1v) is 6.53. The van der Waals surface area contributed by atoms with E-state index in [1.54, 1.807) is 24.3 Å². The van der Waals surface area contributed by atoms with Crippen molar-refractivity contribution in [3.8, 4) is 0 Å². The maximum atomic E-state index is 11.8. The zero-order valence-corrected chi connectivity index (χ0v) is 9.48. The number of rotatable bonds is 3. The van der Waals surface area contributed by atoms with Crippen LogP contribution in [0.4, 0.5) is 5.69 Å². The molecule has 1 atom stereocenters. The Balaban J connectivity index is 2.08. The third-order valence-corrected chi connectivity index (χ3v) is 3.65. The van der Waals surface area contributed by atoms with Crippen molar-refractivity contribution in [2.24, 2.45) is 0 Å². The molecule has 0 bridgehead atoms. The molecule has 1 fully saturated rings. The zero-order valence-electron chi connectivity index (χ0n) is 8.67. The van der Waals surface area contributed by atoms with Crippen molar-refractivity contribution in [3.05, 3.63) is 30.3 Å². The van der Waals surface area contributed by atoms with E-state index in [1.165, 1.54) is 0 Å². The Kier molecular flexibility index (Phi) is 3.42. The highest BCUT2D eigenvalue weighted by molar-refractivity contribution is 7.90. The third kappa shape index (κ3) is 2.72. The first-order chi connectivity index (χ1) is 7.68. The fraction of sp³-hybridized carbons (Fsp3) is 0.400. The second kappa shape index (κ2) is 4.82. The summed E-state index contributed by atoms with van der Waals surface area (Å²) in [5, 5.41) is 2.96. The van der Waals surface area contributed by atoms with Gasteiger partial charge >= 0.3 is 0 Å². The lowest BCUT2D eigenvalue weighted by Crippen LogP contribution is -2.44. The summed E-state index contributed by atoms with van der Waals surface area (Å²) in [6.07, 6.45) is 0. The smallest absolute Gasteiger partial charge is 0.282 e. The Bertz CT molecular complexity index is 427. The summed E-state index contributed by atoms with van der Waals surface area (Å²) in [7, 11) is -3.60. The zero-order chi connectivity index (χ0) is 11.4. The highest BCUT2D eigenvalue weighted by atomic mass is 32.2. The van der Waals surface area contributed by atoms with Crippen molar-refractivity contribution in [1.82, 2.24) is 10.0 Å². The minimum absolute atomic E-state index is 0.290. The van der Waals surface area contributed by atoms with Crippen molar-refractivity contribution in [2.75, 3.05) is 19.7 Å². The van der Waals surface area contributed by atoms with Gasteiger partial charge in [0.25, 0.3) is 10.0 Å². The van der Waals surface area contributed by atoms with Gasteiger partial charge in [0.05, 0.1) is 12.3 Å². The standard InChI is InChI=1S/C10H13N2O3S/c13-16(14,10-8-11-6-7-15-10)12-9-4-2-1-3-5-9/h1-5,10-11H,6-8H2. The van der Waals surface area contributed by atoms with Crippen molar-refractivity contribution < 1.29 is 13.2 Å². The van der Waals surface area contributed by atoms with E-state index in [9.17, 15) is 8.42 Å². The first kappa shape index (κ1) is 11.4. The lowest BCUT2D eigenvalue weighted by Gasteiger charge is -2.22. The first-order valence-electron chi connectivity index (χ1n) is 5.03. The fourth-order valence-electron chi connectivity index (χ4n) is 1.43.